The van der Waals surface area contributed by atoms with Crippen molar-refractivity contribution in [3.8, 4) is 11.6 Å². The van der Waals surface area contributed by atoms with Gasteiger partial charge in [-0.2, -0.15) is 18.3 Å². The predicted molar refractivity (Wildman–Crippen MR) is 173 cm³/mol. The number of fused-ring (bicyclic) bond motifs is 1. The molecule has 52 heavy (non-hydrogen) atoms. The van der Waals surface area contributed by atoms with Gasteiger partial charge in [0.05, 0.1) is 12.1 Å². The van der Waals surface area contributed by atoms with E-state index >= 15 is 0 Å². The van der Waals surface area contributed by atoms with Crippen molar-refractivity contribution in [1.29, 1.82) is 0 Å². The second kappa shape index (κ2) is 16.1. The number of rotatable bonds is 12. The number of hydrogen-bond donors (Lipinski definition) is 3. The maximum absolute atomic E-state index is 13.8. The van der Waals surface area contributed by atoms with Gasteiger partial charge in [0.25, 0.3) is 5.91 Å². The number of ketones is 1. The smallest absolute Gasteiger partial charge is 0.435 e. The Morgan fingerprint density at radius 3 is 2.42 bits per heavy atom. The highest BCUT2D eigenvalue weighted by molar-refractivity contribution is 6.30. The van der Waals surface area contributed by atoms with Crippen LogP contribution in [0.3, 0.4) is 0 Å². The molecule has 3 aromatic rings. The van der Waals surface area contributed by atoms with Crippen LogP contribution in [0.15, 0.2) is 60.7 Å². The second-order valence-electron chi connectivity index (χ2n) is 11.8. The summed E-state index contributed by atoms with van der Waals surface area (Å²) in [7, 11) is 0. The molecule has 3 N–H and O–H groups in total. The van der Waals surface area contributed by atoms with Crippen molar-refractivity contribution in [3.05, 3.63) is 76.9 Å². The molecule has 19 heteroatoms. The highest BCUT2D eigenvalue weighted by Gasteiger charge is 2.45. The molecule has 0 bridgehead atoms. The average molecular weight is 749 g/mol. The number of alkyl halides is 3. The third kappa shape index (κ3) is 9.17. The molecule has 15 nitrogen and oxygen atoms in total. The highest BCUT2D eigenvalue weighted by Crippen LogP contribution is 2.32. The number of carbonyl (C=O) groups excluding carboxylic acids is 5. The molecule has 2 aliphatic rings. The maximum Gasteiger partial charge on any atom is 0.435 e. The normalized spacial score (nSPS) is 18.2. The van der Waals surface area contributed by atoms with Gasteiger partial charge in [-0.05, 0) is 49.1 Å². The Bertz CT molecular complexity index is 1820. The monoisotopic (exact) mass is 748 g/mol. The largest absolute Gasteiger partial charge is 0.481 e. The Balaban J connectivity index is 1.29. The number of Topliss-reactive ketones (excluding diaryl/α,β-unsaturated/α-hetero) is 1. The van der Waals surface area contributed by atoms with Crippen molar-refractivity contribution in [2.24, 2.45) is 0 Å². The van der Waals surface area contributed by atoms with Crippen LogP contribution < -0.4 is 15.4 Å². The number of carboxylic acid groups (broad SMARTS) is 1. The summed E-state index contributed by atoms with van der Waals surface area (Å²) >= 11 is 5.88. The number of benzene rings is 2. The van der Waals surface area contributed by atoms with E-state index in [1.165, 1.54) is 24.3 Å². The highest BCUT2D eigenvalue weighted by atomic mass is 35.5. The molecule has 1 aromatic heterocycles. The topological polar surface area (TPSA) is 189 Å². The molecule has 0 saturated carbocycles. The molecule has 3 heterocycles. The number of aliphatic carboxylic acids is 1. The summed E-state index contributed by atoms with van der Waals surface area (Å²) < 4.78 is 51.9. The summed E-state index contributed by atoms with van der Waals surface area (Å²) in [4.78, 5) is 78.1. The fraction of sp³-hybridized carbons (Fsp3) is 0.364. The molecular formula is C33H32ClF3N6O9. The summed E-state index contributed by atoms with van der Waals surface area (Å²) in [6, 6.07) is 10.4. The van der Waals surface area contributed by atoms with Crippen LogP contribution in [-0.2, 0) is 41.5 Å². The summed E-state index contributed by atoms with van der Waals surface area (Å²) in [6.45, 7) is -1.00. The zero-order valence-electron chi connectivity index (χ0n) is 27.2. The maximum atomic E-state index is 13.8. The van der Waals surface area contributed by atoms with Gasteiger partial charge < -0.3 is 25.2 Å². The molecule has 3 atom stereocenters. The minimum atomic E-state index is -4.88. The molecule has 2 aliphatic heterocycles. The van der Waals surface area contributed by atoms with E-state index in [1.54, 1.807) is 30.3 Å². The number of amides is 4. The van der Waals surface area contributed by atoms with Gasteiger partial charge >= 0.3 is 18.2 Å². The molecule has 5 rings (SSSR count). The summed E-state index contributed by atoms with van der Waals surface area (Å²) in [6.07, 6.45) is -6.73. The van der Waals surface area contributed by atoms with E-state index in [1.807, 2.05) is 0 Å². The van der Waals surface area contributed by atoms with E-state index in [9.17, 15) is 47.0 Å². The van der Waals surface area contributed by atoms with Crippen LogP contribution in [0.4, 0.5) is 18.0 Å². The average Bonchev–Trinajstić information content (AvgIpc) is 3.51. The standard InChI is InChI=1S/C33H32ClF3N6O9/c34-20-8-10-21(11-9-20)42-28(16-26(40-42)33(35,36)37)51-18-25(44)23(15-29(46)47)38-30(48)24-7-4-14-41-27(45)13-12-22(31(49)43(24)41)39-32(50)52-17-19-5-2-1-3-6-19/h1-3,5-6,8-11,16,22-24H,4,7,12-15,17-18H2,(H,38,48)(H,39,50)(H,46,47)/t22-,23-,24-/m0/s1. The van der Waals surface area contributed by atoms with Crippen LogP contribution in [0.5, 0.6) is 5.88 Å². The van der Waals surface area contributed by atoms with Crippen molar-refractivity contribution in [2.45, 2.75) is 63.0 Å². The van der Waals surface area contributed by atoms with Gasteiger partial charge in [0.2, 0.25) is 17.7 Å². The van der Waals surface area contributed by atoms with Gasteiger partial charge in [0, 0.05) is 24.1 Å². The van der Waals surface area contributed by atoms with Crippen LogP contribution in [0.1, 0.15) is 43.4 Å². The molecule has 4 amide bonds. The Morgan fingerprint density at radius 2 is 1.75 bits per heavy atom. The van der Waals surface area contributed by atoms with E-state index < -0.39 is 84.5 Å². The lowest BCUT2D eigenvalue weighted by molar-refractivity contribution is -0.176. The quantitative estimate of drug-likeness (QED) is 0.248. The first kappa shape index (κ1) is 37.6. The molecule has 2 saturated heterocycles. The number of hydrazine groups is 1. The van der Waals surface area contributed by atoms with Crippen molar-refractivity contribution < 1.29 is 56.5 Å². The van der Waals surface area contributed by atoms with Crippen molar-refractivity contribution in [3.63, 3.8) is 0 Å². The minimum absolute atomic E-state index is 0.0114. The van der Waals surface area contributed by atoms with Gasteiger partial charge in [-0.15, -0.1) is 0 Å². The molecule has 0 unspecified atom stereocenters. The number of nitrogens with one attached hydrogen (secondary N) is 2. The predicted octanol–water partition coefficient (Wildman–Crippen LogP) is 3.28. The zero-order valence-corrected chi connectivity index (χ0v) is 27.9. The van der Waals surface area contributed by atoms with Crippen LogP contribution >= 0.6 is 11.6 Å². The van der Waals surface area contributed by atoms with Crippen LogP contribution in [-0.4, -0.2) is 91.7 Å². The molecule has 2 fully saturated rings. The minimum Gasteiger partial charge on any atom is -0.481 e. The molecule has 2 aromatic carbocycles. The van der Waals surface area contributed by atoms with Gasteiger partial charge in [-0.1, -0.05) is 41.9 Å². The number of halogens is 4. The summed E-state index contributed by atoms with van der Waals surface area (Å²) in [5.41, 5.74) is -0.544. The number of ether oxygens (including phenoxy) is 2. The van der Waals surface area contributed by atoms with Crippen LogP contribution in [0.25, 0.3) is 5.69 Å². The second-order valence-corrected chi connectivity index (χ2v) is 12.3. The van der Waals surface area contributed by atoms with Crippen molar-refractivity contribution in [1.82, 2.24) is 30.4 Å². The molecule has 0 aliphatic carbocycles. The number of carboxylic acids is 1. The van der Waals surface area contributed by atoms with E-state index in [-0.39, 0.29) is 49.5 Å². The Kier molecular flexibility index (Phi) is 11.7. The number of hydrogen-bond acceptors (Lipinski definition) is 9. The van der Waals surface area contributed by atoms with Gasteiger partial charge in [-0.25, -0.2) is 14.5 Å². The lowest BCUT2D eigenvalue weighted by Crippen LogP contribution is -2.64. The number of aromatic nitrogens is 2. The lowest BCUT2D eigenvalue weighted by atomic mass is 10.0. The third-order valence-corrected chi connectivity index (χ3v) is 8.41. The summed E-state index contributed by atoms with van der Waals surface area (Å²) in [5.74, 6) is -5.34. The Labute approximate surface area is 298 Å². The fourth-order valence-corrected chi connectivity index (χ4v) is 5.75. The SMILES string of the molecule is O=C(O)C[C@H](NC(=O)[C@@H]1CCCN2C(=O)CC[C@H](NC(=O)OCc3ccccc3)C(=O)N12)C(=O)COc1cc(C(F)(F)F)nn1-c1ccc(Cl)cc1. The number of alkyl carbamates (subject to hydrolysis) is 1. The molecule has 0 radical (unpaired) electrons. The van der Waals surface area contributed by atoms with Crippen LogP contribution in [0, 0.1) is 0 Å². The molecular weight excluding hydrogens is 717 g/mol. The first-order valence-corrected chi connectivity index (χ1v) is 16.3. The lowest BCUT2D eigenvalue weighted by Gasteiger charge is -2.43. The van der Waals surface area contributed by atoms with E-state index in [0.717, 1.165) is 14.7 Å². The Morgan fingerprint density at radius 1 is 1.04 bits per heavy atom. The Hall–Kier alpha value is -5.65. The zero-order chi connectivity index (χ0) is 37.6. The van der Waals surface area contributed by atoms with E-state index in [0.29, 0.717) is 11.6 Å². The number of nitrogens with zero attached hydrogens (tertiary/aromatic N) is 4. The molecule has 0 spiro atoms. The first-order chi connectivity index (χ1) is 24.7. The summed E-state index contributed by atoms with van der Waals surface area (Å²) in [5, 5.41) is 20.1. The number of carbonyl (C=O) groups is 6. The molecule has 276 valence electrons. The third-order valence-electron chi connectivity index (χ3n) is 8.15. The van der Waals surface area contributed by atoms with E-state index in [2.05, 4.69) is 15.7 Å². The van der Waals surface area contributed by atoms with Gasteiger partial charge in [0.15, 0.2) is 18.1 Å². The van der Waals surface area contributed by atoms with E-state index in [4.69, 9.17) is 21.1 Å². The van der Waals surface area contributed by atoms with Gasteiger partial charge in [-0.3, -0.25) is 29.0 Å². The van der Waals surface area contributed by atoms with Crippen molar-refractivity contribution in [2.75, 3.05) is 13.2 Å². The fourth-order valence-electron chi connectivity index (χ4n) is 5.62. The van der Waals surface area contributed by atoms with Crippen LogP contribution in [0.2, 0.25) is 5.02 Å². The first-order valence-electron chi connectivity index (χ1n) is 15.9. The van der Waals surface area contributed by atoms with Crippen molar-refractivity contribution >= 4 is 47.2 Å². The van der Waals surface area contributed by atoms with Gasteiger partial charge in [0.1, 0.15) is 24.7 Å².